The van der Waals surface area contributed by atoms with Crippen LogP contribution in [0.5, 0.6) is 0 Å². The Morgan fingerprint density at radius 3 is 2.11 bits per heavy atom. The van der Waals surface area contributed by atoms with Crippen molar-refractivity contribution < 1.29 is 9.59 Å². The van der Waals surface area contributed by atoms with Gasteiger partial charge in [0.2, 0.25) is 12.3 Å². The quantitative estimate of drug-likeness (QED) is 0.599. The van der Waals surface area contributed by atoms with Crippen molar-refractivity contribution in [1.82, 2.24) is 10.6 Å². The van der Waals surface area contributed by atoms with E-state index >= 15 is 0 Å². The standard InChI is InChI=1S/C7H13NO.C5H11NO.C2H4/c9-6-8-7-4-2-1-3-5-7;1-3-5(7)6-4-2;1-2/h6-7H,1-5H2,(H,8,9);3-4H2,1-2H3,(H,6,7);1-2H2. The van der Waals surface area contributed by atoms with Crippen LogP contribution in [-0.4, -0.2) is 24.9 Å². The van der Waals surface area contributed by atoms with Crippen LogP contribution in [0.2, 0.25) is 0 Å². The van der Waals surface area contributed by atoms with Crippen molar-refractivity contribution in [3.63, 3.8) is 0 Å². The zero-order valence-electron chi connectivity index (χ0n) is 11.8. The summed E-state index contributed by atoms with van der Waals surface area (Å²) in [7, 11) is 0. The van der Waals surface area contributed by atoms with Gasteiger partial charge in [-0.2, -0.15) is 0 Å². The van der Waals surface area contributed by atoms with E-state index in [-0.39, 0.29) is 5.91 Å². The van der Waals surface area contributed by atoms with E-state index in [1.165, 1.54) is 32.1 Å². The zero-order valence-corrected chi connectivity index (χ0v) is 11.8. The summed E-state index contributed by atoms with van der Waals surface area (Å²) in [5, 5.41) is 5.46. The molecular weight excluding hydrogens is 228 g/mol. The lowest BCUT2D eigenvalue weighted by molar-refractivity contribution is -0.120. The van der Waals surface area contributed by atoms with E-state index in [9.17, 15) is 9.59 Å². The SMILES string of the molecule is C=C.CCNC(=O)CC.O=CNC1CCCCC1. The third-order valence-electron chi connectivity index (χ3n) is 2.60. The van der Waals surface area contributed by atoms with Crippen molar-refractivity contribution in [3.8, 4) is 0 Å². The predicted molar refractivity (Wildman–Crippen MR) is 76.3 cm³/mol. The Labute approximate surface area is 111 Å². The van der Waals surface area contributed by atoms with Gasteiger partial charge in [0.1, 0.15) is 0 Å². The van der Waals surface area contributed by atoms with Crippen LogP contribution < -0.4 is 10.6 Å². The van der Waals surface area contributed by atoms with Crippen LogP contribution >= 0.6 is 0 Å². The second kappa shape index (κ2) is 15.7. The van der Waals surface area contributed by atoms with Gasteiger partial charge in [0.05, 0.1) is 0 Å². The van der Waals surface area contributed by atoms with E-state index in [0.717, 1.165) is 13.0 Å². The van der Waals surface area contributed by atoms with Gasteiger partial charge < -0.3 is 10.6 Å². The normalized spacial score (nSPS) is 14.1. The molecule has 1 rings (SSSR count). The lowest BCUT2D eigenvalue weighted by Gasteiger charge is -2.19. The van der Waals surface area contributed by atoms with Gasteiger partial charge in [-0.15, -0.1) is 13.2 Å². The molecule has 1 saturated carbocycles. The molecule has 0 saturated heterocycles. The highest BCUT2D eigenvalue weighted by Gasteiger charge is 2.10. The van der Waals surface area contributed by atoms with Crippen LogP contribution in [0.25, 0.3) is 0 Å². The number of amides is 2. The van der Waals surface area contributed by atoms with E-state index in [4.69, 9.17) is 0 Å². The Morgan fingerprint density at radius 1 is 1.22 bits per heavy atom. The van der Waals surface area contributed by atoms with Crippen LogP contribution in [0.3, 0.4) is 0 Å². The van der Waals surface area contributed by atoms with Crippen molar-refractivity contribution in [2.24, 2.45) is 0 Å². The van der Waals surface area contributed by atoms with Gasteiger partial charge in [0, 0.05) is 19.0 Å². The molecule has 4 nitrogen and oxygen atoms in total. The van der Waals surface area contributed by atoms with Gasteiger partial charge in [0.25, 0.3) is 0 Å². The Kier molecular flexibility index (Phi) is 16.6. The third-order valence-corrected chi connectivity index (χ3v) is 2.60. The maximum Gasteiger partial charge on any atom is 0.219 e. The zero-order chi connectivity index (χ0) is 14.2. The predicted octanol–water partition coefficient (Wildman–Crippen LogP) is 2.40. The van der Waals surface area contributed by atoms with Crippen LogP contribution in [0, 0.1) is 0 Å². The summed E-state index contributed by atoms with van der Waals surface area (Å²) in [5.74, 6) is 0.127. The number of nitrogens with one attached hydrogen (secondary N) is 2. The highest BCUT2D eigenvalue weighted by molar-refractivity contribution is 5.75. The minimum absolute atomic E-state index is 0.127. The number of hydrogen-bond donors (Lipinski definition) is 2. The molecule has 18 heavy (non-hydrogen) atoms. The van der Waals surface area contributed by atoms with E-state index in [0.29, 0.717) is 12.5 Å². The highest BCUT2D eigenvalue weighted by atomic mass is 16.1. The fourth-order valence-corrected chi connectivity index (χ4v) is 1.69. The second-order valence-corrected chi connectivity index (χ2v) is 3.93. The molecule has 1 aliphatic carbocycles. The monoisotopic (exact) mass is 256 g/mol. The molecule has 0 unspecified atom stereocenters. The van der Waals surface area contributed by atoms with E-state index in [2.05, 4.69) is 23.8 Å². The first-order valence-corrected chi connectivity index (χ1v) is 6.70. The van der Waals surface area contributed by atoms with Crippen LogP contribution in [0.15, 0.2) is 13.2 Å². The first-order chi connectivity index (χ1) is 8.74. The van der Waals surface area contributed by atoms with E-state index < -0.39 is 0 Å². The average molecular weight is 256 g/mol. The molecule has 0 heterocycles. The number of hydrogen-bond acceptors (Lipinski definition) is 2. The van der Waals surface area contributed by atoms with E-state index in [1.807, 2.05) is 13.8 Å². The molecule has 0 aliphatic heterocycles. The smallest absolute Gasteiger partial charge is 0.219 e. The summed E-state index contributed by atoms with van der Waals surface area (Å²) in [5.41, 5.74) is 0. The molecule has 0 aromatic rings. The lowest BCUT2D eigenvalue weighted by Crippen LogP contribution is -2.29. The molecule has 4 heteroatoms. The van der Waals surface area contributed by atoms with Gasteiger partial charge in [0.15, 0.2) is 0 Å². The fraction of sp³-hybridized carbons (Fsp3) is 0.714. The molecular formula is C14H28N2O2. The molecule has 0 radical (unpaired) electrons. The second-order valence-electron chi connectivity index (χ2n) is 3.93. The highest BCUT2D eigenvalue weighted by Crippen LogP contribution is 2.16. The van der Waals surface area contributed by atoms with Crippen molar-refractivity contribution in [2.75, 3.05) is 6.54 Å². The molecule has 1 fully saturated rings. The van der Waals surface area contributed by atoms with Crippen LogP contribution in [-0.2, 0) is 9.59 Å². The van der Waals surface area contributed by atoms with Crippen molar-refractivity contribution in [2.45, 2.75) is 58.4 Å². The van der Waals surface area contributed by atoms with E-state index in [1.54, 1.807) is 0 Å². The number of carbonyl (C=O) groups is 2. The molecule has 2 N–H and O–H groups in total. The van der Waals surface area contributed by atoms with Gasteiger partial charge in [-0.25, -0.2) is 0 Å². The Morgan fingerprint density at radius 2 is 1.78 bits per heavy atom. The first-order valence-electron chi connectivity index (χ1n) is 6.70. The van der Waals surface area contributed by atoms with Crippen molar-refractivity contribution in [3.05, 3.63) is 13.2 Å². The molecule has 0 atom stereocenters. The van der Waals surface area contributed by atoms with Crippen LogP contribution in [0.4, 0.5) is 0 Å². The Bertz CT molecular complexity index is 202. The summed E-state index contributed by atoms with van der Waals surface area (Å²) in [4.78, 5) is 20.3. The van der Waals surface area contributed by atoms with Crippen molar-refractivity contribution >= 4 is 12.3 Å². The van der Waals surface area contributed by atoms with Crippen molar-refractivity contribution in [1.29, 1.82) is 0 Å². The van der Waals surface area contributed by atoms with Gasteiger partial charge in [-0.3, -0.25) is 9.59 Å². The molecule has 1 aliphatic rings. The molecule has 0 bridgehead atoms. The minimum Gasteiger partial charge on any atom is -0.356 e. The Balaban J connectivity index is 0. The number of rotatable bonds is 4. The first kappa shape index (κ1) is 19.0. The number of carbonyl (C=O) groups excluding carboxylic acids is 2. The summed E-state index contributed by atoms with van der Waals surface area (Å²) >= 11 is 0. The third kappa shape index (κ3) is 12.7. The van der Waals surface area contributed by atoms with Gasteiger partial charge in [-0.05, 0) is 19.8 Å². The summed E-state index contributed by atoms with van der Waals surface area (Å²) in [6, 6.07) is 0.483. The lowest BCUT2D eigenvalue weighted by atomic mass is 9.96. The summed E-state index contributed by atoms with van der Waals surface area (Å²) < 4.78 is 0. The van der Waals surface area contributed by atoms with Gasteiger partial charge >= 0.3 is 0 Å². The summed E-state index contributed by atoms with van der Waals surface area (Å²) in [6.07, 6.45) is 7.68. The maximum absolute atomic E-state index is 10.3. The Hall–Kier alpha value is -1.32. The molecule has 0 spiro atoms. The summed E-state index contributed by atoms with van der Waals surface area (Å²) in [6.45, 7) is 10.5. The molecule has 0 aromatic heterocycles. The minimum atomic E-state index is 0.127. The molecule has 106 valence electrons. The van der Waals surface area contributed by atoms with Crippen LogP contribution in [0.1, 0.15) is 52.4 Å². The maximum atomic E-state index is 10.3. The largest absolute Gasteiger partial charge is 0.356 e. The fourth-order valence-electron chi connectivity index (χ4n) is 1.69. The topological polar surface area (TPSA) is 58.2 Å². The molecule has 2 amide bonds. The molecule has 0 aromatic carbocycles. The average Bonchev–Trinajstić information content (AvgIpc) is 2.43. The van der Waals surface area contributed by atoms with Gasteiger partial charge in [-0.1, -0.05) is 26.2 Å².